The summed E-state index contributed by atoms with van der Waals surface area (Å²) in [6.07, 6.45) is 2.16. The normalized spacial score (nSPS) is 18.7. The number of nitrogens with one attached hydrogen (secondary N) is 1. The van der Waals surface area contributed by atoms with Gasteiger partial charge in [-0.15, -0.1) is 0 Å². The fraction of sp³-hybridized carbons (Fsp3) is 0.409. The highest BCUT2D eigenvalue weighted by Gasteiger charge is 2.23. The first-order valence-electron chi connectivity index (χ1n) is 10.3. The fourth-order valence-electron chi connectivity index (χ4n) is 3.62. The van der Waals surface area contributed by atoms with E-state index in [2.05, 4.69) is 15.2 Å². The molecule has 0 aliphatic carbocycles. The molecule has 2 aliphatic rings. The largest absolute Gasteiger partial charge is 0.494 e. The van der Waals surface area contributed by atoms with Gasteiger partial charge in [0.1, 0.15) is 24.1 Å². The molecule has 2 aliphatic heterocycles. The number of aliphatic imine (C=N–C) groups is 1. The van der Waals surface area contributed by atoms with Crippen LogP contribution in [0.25, 0.3) is 0 Å². The molecule has 1 saturated heterocycles. The molecule has 166 valence electrons. The van der Waals surface area contributed by atoms with Crippen LogP contribution in [0.4, 0.5) is 15.8 Å². The number of hydrogen-bond acceptors (Lipinski definition) is 7. The second-order valence-electron chi connectivity index (χ2n) is 7.33. The lowest BCUT2D eigenvalue weighted by molar-refractivity contribution is 0.0358. The first-order valence-corrected chi connectivity index (χ1v) is 10.7. The first kappa shape index (κ1) is 21.8. The van der Waals surface area contributed by atoms with Gasteiger partial charge in [0.2, 0.25) is 0 Å². The maximum absolute atomic E-state index is 13.5. The van der Waals surface area contributed by atoms with Crippen molar-refractivity contribution in [3.8, 4) is 5.75 Å². The van der Waals surface area contributed by atoms with Crippen molar-refractivity contribution in [1.29, 1.82) is 0 Å². The van der Waals surface area contributed by atoms with Gasteiger partial charge in [0.15, 0.2) is 0 Å². The highest BCUT2D eigenvalue weighted by molar-refractivity contribution is 6.31. The number of fused-ring (bicyclic) bond motifs is 1. The zero-order chi connectivity index (χ0) is 21.6. The van der Waals surface area contributed by atoms with Crippen molar-refractivity contribution >= 4 is 29.3 Å². The van der Waals surface area contributed by atoms with Crippen LogP contribution in [0.15, 0.2) is 41.4 Å². The Kier molecular flexibility index (Phi) is 7.24. The Morgan fingerprint density at radius 1 is 1.23 bits per heavy atom. The second kappa shape index (κ2) is 10.3. The van der Waals surface area contributed by atoms with Crippen LogP contribution in [0.1, 0.15) is 18.2 Å². The van der Waals surface area contributed by atoms with Gasteiger partial charge in [-0.3, -0.25) is 9.74 Å². The van der Waals surface area contributed by atoms with E-state index in [1.807, 2.05) is 18.2 Å². The lowest BCUT2D eigenvalue weighted by Gasteiger charge is -2.29. The smallest absolute Gasteiger partial charge is 0.148 e. The quantitative estimate of drug-likeness (QED) is 0.613. The average molecular weight is 449 g/mol. The minimum atomic E-state index is -0.460. The highest BCUT2D eigenvalue weighted by atomic mass is 35.5. The van der Waals surface area contributed by atoms with E-state index in [4.69, 9.17) is 25.9 Å². The summed E-state index contributed by atoms with van der Waals surface area (Å²) in [7, 11) is 1.58. The summed E-state index contributed by atoms with van der Waals surface area (Å²) in [4.78, 5) is 12.3. The van der Waals surface area contributed by atoms with Gasteiger partial charge in [-0.2, -0.15) is 0 Å². The molecule has 2 aromatic rings. The number of ether oxygens (including phenoxy) is 2. The lowest BCUT2D eigenvalue weighted by Crippen LogP contribution is -2.37. The molecular weight excluding hydrogens is 423 g/mol. The first-order chi connectivity index (χ1) is 15.1. The van der Waals surface area contributed by atoms with E-state index < -0.39 is 5.82 Å². The van der Waals surface area contributed by atoms with Crippen LogP contribution in [-0.4, -0.2) is 57.8 Å². The van der Waals surface area contributed by atoms with Gasteiger partial charge in [0, 0.05) is 30.9 Å². The summed E-state index contributed by atoms with van der Waals surface area (Å²) >= 11 is 5.92. The van der Waals surface area contributed by atoms with Crippen LogP contribution in [0.3, 0.4) is 0 Å². The van der Waals surface area contributed by atoms with Crippen LogP contribution >= 0.6 is 11.6 Å². The van der Waals surface area contributed by atoms with Gasteiger partial charge in [-0.1, -0.05) is 11.6 Å². The van der Waals surface area contributed by atoms with E-state index in [-0.39, 0.29) is 11.2 Å². The molecule has 2 aromatic carbocycles. The standard InChI is InChI=1S/C22H26ClFN4O3/c1-29-28-15-25-22(26-16-3-5-20(24)19(23)13-16)18-14-17(4-6-21(18)28)31-10-2-7-27-8-11-30-12-9-27/h3-6,13-15,22,26H,2,7-12H2,1H3. The van der Waals surface area contributed by atoms with Gasteiger partial charge in [-0.25, -0.2) is 14.4 Å². The van der Waals surface area contributed by atoms with Crippen molar-refractivity contribution in [3.05, 3.63) is 52.8 Å². The van der Waals surface area contributed by atoms with E-state index in [0.29, 0.717) is 12.3 Å². The maximum atomic E-state index is 13.5. The third kappa shape index (κ3) is 5.46. The Hall–Kier alpha value is -2.39. The number of anilines is 2. The molecule has 2 heterocycles. The van der Waals surface area contributed by atoms with Crippen LogP contribution in [0, 0.1) is 5.82 Å². The lowest BCUT2D eigenvalue weighted by atomic mass is 10.1. The molecule has 0 aromatic heterocycles. The molecule has 7 nitrogen and oxygen atoms in total. The van der Waals surface area contributed by atoms with Gasteiger partial charge in [-0.05, 0) is 42.8 Å². The molecule has 4 rings (SSSR count). The molecule has 0 spiro atoms. The number of morpholine rings is 1. The van der Waals surface area contributed by atoms with E-state index in [1.165, 1.54) is 6.07 Å². The summed E-state index contributed by atoms with van der Waals surface area (Å²) in [5, 5.41) is 4.93. The molecule has 1 atom stereocenters. The van der Waals surface area contributed by atoms with Gasteiger partial charge in [0.25, 0.3) is 0 Å². The van der Waals surface area contributed by atoms with E-state index >= 15 is 0 Å². The Morgan fingerprint density at radius 3 is 2.84 bits per heavy atom. The van der Waals surface area contributed by atoms with E-state index in [9.17, 15) is 4.39 Å². The van der Waals surface area contributed by atoms with Gasteiger partial charge in [0.05, 0.1) is 37.6 Å². The minimum absolute atomic E-state index is 0.0564. The highest BCUT2D eigenvalue weighted by Crippen LogP contribution is 2.36. The number of rotatable bonds is 8. The molecule has 31 heavy (non-hydrogen) atoms. The molecule has 0 radical (unpaired) electrons. The van der Waals surface area contributed by atoms with E-state index in [1.54, 1.807) is 30.6 Å². The number of halogens is 2. The van der Waals surface area contributed by atoms with Crippen LogP contribution in [0.2, 0.25) is 5.02 Å². The number of hydroxylamine groups is 1. The van der Waals surface area contributed by atoms with Gasteiger partial charge < -0.3 is 14.8 Å². The van der Waals surface area contributed by atoms with Crippen molar-refractivity contribution in [2.24, 2.45) is 4.99 Å². The Bertz CT molecular complexity index is 924. The number of benzene rings is 2. The van der Waals surface area contributed by atoms with Crippen molar-refractivity contribution in [3.63, 3.8) is 0 Å². The third-order valence-corrected chi connectivity index (χ3v) is 5.55. The molecule has 1 N–H and O–H groups in total. The Balaban J connectivity index is 1.43. The Labute approximate surface area is 186 Å². The second-order valence-corrected chi connectivity index (χ2v) is 7.73. The van der Waals surface area contributed by atoms with Crippen LogP contribution in [-0.2, 0) is 9.57 Å². The predicted molar refractivity (Wildman–Crippen MR) is 120 cm³/mol. The molecule has 1 unspecified atom stereocenters. The van der Waals surface area contributed by atoms with Crippen molar-refractivity contribution < 1.29 is 18.7 Å². The molecule has 1 fully saturated rings. The molecule has 9 heteroatoms. The zero-order valence-electron chi connectivity index (χ0n) is 17.4. The fourth-order valence-corrected chi connectivity index (χ4v) is 3.80. The third-order valence-electron chi connectivity index (χ3n) is 5.26. The summed E-state index contributed by atoms with van der Waals surface area (Å²) in [6, 6.07) is 10.3. The summed E-state index contributed by atoms with van der Waals surface area (Å²) in [6.45, 7) is 5.17. The number of hydrogen-bond donors (Lipinski definition) is 1. The van der Waals surface area contributed by atoms with E-state index in [0.717, 1.165) is 56.3 Å². The SMILES string of the molecule is CON1C=NC(Nc2ccc(F)c(Cl)c2)c2cc(OCCCN3CCOCC3)ccc21. The average Bonchev–Trinajstić information content (AvgIpc) is 2.80. The zero-order valence-corrected chi connectivity index (χ0v) is 18.1. The molecule has 0 bridgehead atoms. The molecule has 0 saturated carbocycles. The summed E-state index contributed by atoms with van der Waals surface area (Å²) in [5.41, 5.74) is 2.40. The Morgan fingerprint density at radius 2 is 2.06 bits per heavy atom. The van der Waals surface area contributed by atoms with Gasteiger partial charge >= 0.3 is 0 Å². The maximum Gasteiger partial charge on any atom is 0.148 e. The van der Waals surface area contributed by atoms with Crippen molar-refractivity contribution in [2.45, 2.75) is 12.6 Å². The molecular formula is C22H26ClFN4O3. The minimum Gasteiger partial charge on any atom is -0.494 e. The monoisotopic (exact) mass is 448 g/mol. The number of nitrogens with zero attached hydrogens (tertiary/aromatic N) is 3. The molecule has 0 amide bonds. The topological polar surface area (TPSA) is 58.6 Å². The summed E-state index contributed by atoms with van der Waals surface area (Å²) < 4.78 is 24.9. The van der Waals surface area contributed by atoms with Crippen molar-refractivity contribution in [2.75, 3.05) is 56.9 Å². The predicted octanol–water partition coefficient (Wildman–Crippen LogP) is 4.10. The summed E-state index contributed by atoms with van der Waals surface area (Å²) in [5.74, 6) is 0.302. The van der Waals surface area contributed by atoms with Crippen molar-refractivity contribution in [1.82, 2.24) is 4.90 Å². The van der Waals surface area contributed by atoms with Crippen LogP contribution in [0.5, 0.6) is 5.75 Å². The van der Waals surface area contributed by atoms with Crippen LogP contribution < -0.4 is 15.1 Å².